The molecule has 0 spiro atoms. The summed E-state index contributed by atoms with van der Waals surface area (Å²) in [6.07, 6.45) is 0. The fourth-order valence-electron chi connectivity index (χ4n) is 4.03. The first-order valence-corrected chi connectivity index (χ1v) is 12.6. The molecule has 0 aliphatic rings. The van der Waals surface area contributed by atoms with Crippen molar-refractivity contribution in [3.05, 3.63) is 106 Å². The molecule has 11 heteroatoms. The van der Waals surface area contributed by atoms with E-state index in [0.29, 0.717) is 34.1 Å². The number of anilines is 2. The number of carbonyl (C=O) groups is 3. The molecule has 39 heavy (non-hydrogen) atoms. The number of para-hydroxylation sites is 1. The smallest absolute Gasteiger partial charge is 0.273 e. The third kappa shape index (κ3) is 5.88. The Kier molecular flexibility index (Phi) is 8.21. The molecule has 4 rings (SSSR count). The standard InChI is InChI=1S/C28H26FN5O4S/c1-16-5-3-4-6-21(16)34(28(37)25-22(30)23(26(31)35)33-39-25)24(18-9-11-19(29)12-10-18)27(36)32-15-17-7-13-20(38-2)14-8-17/h3-14,24H,15,30H2,1-2H3,(H2,31,35)(H,32,36)/t24-/m0/s1. The number of hydrogen-bond donors (Lipinski definition) is 3. The molecule has 200 valence electrons. The molecule has 0 bridgehead atoms. The minimum Gasteiger partial charge on any atom is -0.497 e. The molecule has 0 radical (unpaired) electrons. The van der Waals surface area contributed by atoms with Crippen LogP contribution in [-0.4, -0.2) is 29.2 Å². The van der Waals surface area contributed by atoms with Crippen LogP contribution < -0.4 is 26.4 Å². The molecular formula is C28H26FN5O4S. The lowest BCUT2D eigenvalue weighted by Gasteiger charge is -2.32. The number of primary amides is 1. The Labute approximate surface area is 228 Å². The summed E-state index contributed by atoms with van der Waals surface area (Å²) in [5, 5.41) is 2.88. The van der Waals surface area contributed by atoms with Crippen molar-refractivity contribution >= 4 is 40.6 Å². The van der Waals surface area contributed by atoms with Crippen molar-refractivity contribution < 1.29 is 23.5 Å². The summed E-state index contributed by atoms with van der Waals surface area (Å²) in [5.41, 5.74) is 13.3. The first-order chi connectivity index (χ1) is 18.7. The Balaban J connectivity index is 1.80. The van der Waals surface area contributed by atoms with Crippen LogP contribution in [0.2, 0.25) is 0 Å². The molecule has 4 aromatic rings. The number of halogens is 1. The Morgan fingerprint density at radius 1 is 1.05 bits per heavy atom. The molecule has 1 heterocycles. The van der Waals surface area contributed by atoms with Crippen LogP contribution in [0.4, 0.5) is 15.8 Å². The number of nitrogens with zero attached hydrogens (tertiary/aromatic N) is 2. The van der Waals surface area contributed by atoms with Crippen LogP contribution in [0, 0.1) is 12.7 Å². The molecule has 0 saturated heterocycles. The summed E-state index contributed by atoms with van der Waals surface area (Å²) in [6.45, 7) is 1.95. The second-order valence-electron chi connectivity index (χ2n) is 8.62. The fourth-order valence-corrected chi connectivity index (χ4v) is 4.77. The summed E-state index contributed by atoms with van der Waals surface area (Å²) in [4.78, 5) is 40.9. The number of nitrogen functional groups attached to an aromatic ring is 1. The lowest BCUT2D eigenvalue weighted by molar-refractivity contribution is -0.122. The van der Waals surface area contributed by atoms with Crippen molar-refractivity contribution in [3.8, 4) is 5.75 Å². The number of carbonyl (C=O) groups excluding carboxylic acids is 3. The highest BCUT2D eigenvalue weighted by Gasteiger charge is 2.36. The van der Waals surface area contributed by atoms with E-state index < -0.39 is 29.6 Å². The van der Waals surface area contributed by atoms with E-state index in [4.69, 9.17) is 16.2 Å². The van der Waals surface area contributed by atoms with Gasteiger partial charge in [-0.2, -0.15) is 4.37 Å². The van der Waals surface area contributed by atoms with Gasteiger partial charge in [-0.15, -0.1) is 0 Å². The number of nitrogens with one attached hydrogen (secondary N) is 1. The molecule has 3 aromatic carbocycles. The van der Waals surface area contributed by atoms with E-state index in [9.17, 15) is 18.8 Å². The van der Waals surface area contributed by atoms with Gasteiger partial charge in [-0.1, -0.05) is 42.5 Å². The number of aromatic nitrogens is 1. The monoisotopic (exact) mass is 547 g/mol. The molecule has 1 aromatic heterocycles. The van der Waals surface area contributed by atoms with Gasteiger partial charge < -0.3 is 21.5 Å². The van der Waals surface area contributed by atoms with Crippen molar-refractivity contribution in [3.63, 3.8) is 0 Å². The Morgan fingerprint density at radius 3 is 2.31 bits per heavy atom. The van der Waals surface area contributed by atoms with Gasteiger partial charge in [-0.05, 0) is 65.5 Å². The van der Waals surface area contributed by atoms with E-state index in [0.717, 1.165) is 5.56 Å². The van der Waals surface area contributed by atoms with Gasteiger partial charge in [0, 0.05) is 12.2 Å². The van der Waals surface area contributed by atoms with E-state index in [-0.39, 0.29) is 22.8 Å². The van der Waals surface area contributed by atoms with Crippen LogP contribution in [-0.2, 0) is 11.3 Å². The second-order valence-corrected chi connectivity index (χ2v) is 9.39. The van der Waals surface area contributed by atoms with Gasteiger partial charge in [-0.3, -0.25) is 19.3 Å². The minimum atomic E-state index is -1.23. The number of aryl methyl sites for hydroxylation is 1. The lowest BCUT2D eigenvalue weighted by Crippen LogP contribution is -2.44. The van der Waals surface area contributed by atoms with Crippen LogP contribution in [0.3, 0.4) is 0 Å². The maximum atomic E-state index is 14.1. The summed E-state index contributed by atoms with van der Waals surface area (Å²) >= 11 is 0.711. The Bertz CT molecular complexity index is 1510. The van der Waals surface area contributed by atoms with Gasteiger partial charge in [0.15, 0.2) is 5.69 Å². The highest BCUT2D eigenvalue weighted by molar-refractivity contribution is 7.09. The Hall–Kier alpha value is -4.77. The predicted octanol–water partition coefficient (Wildman–Crippen LogP) is 3.98. The van der Waals surface area contributed by atoms with Crippen molar-refractivity contribution in [2.24, 2.45) is 5.73 Å². The van der Waals surface area contributed by atoms with Crippen molar-refractivity contribution in [2.75, 3.05) is 17.7 Å². The molecule has 0 unspecified atom stereocenters. The van der Waals surface area contributed by atoms with Crippen LogP contribution in [0.1, 0.15) is 42.9 Å². The number of rotatable bonds is 9. The van der Waals surface area contributed by atoms with Crippen LogP contribution in [0.25, 0.3) is 0 Å². The average Bonchev–Trinajstić information content (AvgIpc) is 3.33. The SMILES string of the molecule is COc1ccc(CNC(=O)[C@H](c2ccc(F)cc2)N(C(=O)c2snc(C(N)=O)c2N)c2ccccc2C)cc1. The molecule has 3 amide bonds. The maximum absolute atomic E-state index is 14.1. The molecule has 1 atom stereocenters. The van der Waals surface area contributed by atoms with Gasteiger partial charge in [0.1, 0.15) is 22.5 Å². The van der Waals surface area contributed by atoms with Crippen molar-refractivity contribution in [2.45, 2.75) is 19.5 Å². The fraction of sp³-hybridized carbons (Fsp3) is 0.143. The second kappa shape index (κ2) is 11.7. The third-order valence-corrected chi connectivity index (χ3v) is 6.92. The van der Waals surface area contributed by atoms with Crippen LogP contribution >= 0.6 is 11.5 Å². The average molecular weight is 548 g/mol. The largest absolute Gasteiger partial charge is 0.497 e. The number of methoxy groups -OCH3 is 1. The lowest BCUT2D eigenvalue weighted by atomic mass is 10.0. The Morgan fingerprint density at radius 2 is 1.72 bits per heavy atom. The number of nitrogens with two attached hydrogens (primary N) is 2. The number of benzene rings is 3. The molecule has 0 fully saturated rings. The molecule has 5 N–H and O–H groups in total. The zero-order valence-electron chi connectivity index (χ0n) is 21.2. The minimum absolute atomic E-state index is 0.0536. The van der Waals surface area contributed by atoms with E-state index >= 15 is 0 Å². The molecule has 0 aliphatic carbocycles. The number of ether oxygens (including phenoxy) is 1. The van der Waals surface area contributed by atoms with E-state index in [1.807, 2.05) is 0 Å². The van der Waals surface area contributed by atoms with Gasteiger partial charge >= 0.3 is 0 Å². The first kappa shape index (κ1) is 27.3. The third-order valence-electron chi connectivity index (χ3n) is 6.07. The van der Waals surface area contributed by atoms with E-state index in [1.165, 1.54) is 29.2 Å². The molecule has 0 saturated carbocycles. The van der Waals surface area contributed by atoms with Crippen molar-refractivity contribution in [1.29, 1.82) is 0 Å². The first-order valence-electron chi connectivity index (χ1n) is 11.8. The summed E-state index contributed by atoms with van der Waals surface area (Å²) < 4.78 is 23.0. The van der Waals surface area contributed by atoms with Gasteiger partial charge in [0.2, 0.25) is 5.91 Å². The summed E-state index contributed by atoms with van der Waals surface area (Å²) in [6, 6.07) is 18.2. The van der Waals surface area contributed by atoms with Crippen LogP contribution in [0.15, 0.2) is 72.8 Å². The van der Waals surface area contributed by atoms with Gasteiger partial charge in [0.25, 0.3) is 11.8 Å². The highest BCUT2D eigenvalue weighted by atomic mass is 32.1. The predicted molar refractivity (Wildman–Crippen MR) is 147 cm³/mol. The molecule has 9 nitrogen and oxygen atoms in total. The normalized spacial score (nSPS) is 11.5. The van der Waals surface area contributed by atoms with Gasteiger partial charge in [-0.25, -0.2) is 4.39 Å². The van der Waals surface area contributed by atoms with Crippen LogP contribution in [0.5, 0.6) is 5.75 Å². The number of amides is 3. The molecular weight excluding hydrogens is 521 g/mol. The summed E-state index contributed by atoms with van der Waals surface area (Å²) in [7, 11) is 1.56. The van der Waals surface area contributed by atoms with E-state index in [2.05, 4.69) is 9.69 Å². The summed E-state index contributed by atoms with van der Waals surface area (Å²) in [5.74, 6) is -1.89. The zero-order chi connectivity index (χ0) is 28.1. The number of hydrogen-bond acceptors (Lipinski definition) is 7. The highest BCUT2D eigenvalue weighted by Crippen LogP contribution is 2.34. The van der Waals surface area contributed by atoms with E-state index in [1.54, 1.807) is 62.6 Å². The quantitative estimate of drug-likeness (QED) is 0.289. The maximum Gasteiger partial charge on any atom is 0.273 e. The van der Waals surface area contributed by atoms with Gasteiger partial charge in [0.05, 0.1) is 12.8 Å². The topological polar surface area (TPSA) is 141 Å². The zero-order valence-corrected chi connectivity index (χ0v) is 22.0. The molecule has 0 aliphatic heterocycles. The van der Waals surface area contributed by atoms with Crippen molar-refractivity contribution in [1.82, 2.24) is 9.69 Å².